The third-order valence-corrected chi connectivity index (χ3v) is 4.44. The van der Waals surface area contributed by atoms with Crippen molar-refractivity contribution in [1.29, 1.82) is 0 Å². The molecule has 3 N–H and O–H groups in total. The van der Waals surface area contributed by atoms with Crippen molar-refractivity contribution in [2.75, 3.05) is 11.8 Å². The van der Waals surface area contributed by atoms with Gasteiger partial charge in [0.2, 0.25) is 0 Å². The number of nitrogens with one attached hydrogen (secondary N) is 1. The maximum Gasteiger partial charge on any atom is 0.301 e. The Morgan fingerprint density at radius 1 is 1.28 bits per heavy atom. The second-order valence-electron chi connectivity index (χ2n) is 4.63. The van der Waals surface area contributed by atoms with Gasteiger partial charge in [-0.25, -0.2) is 0 Å². The van der Waals surface area contributed by atoms with Crippen LogP contribution >= 0.6 is 0 Å². The highest BCUT2D eigenvalue weighted by Gasteiger charge is 2.20. The first-order valence-corrected chi connectivity index (χ1v) is 7.29. The number of hydrogen-bond acceptors (Lipinski definition) is 3. The molecule has 1 aromatic rings. The second kappa shape index (κ2) is 5.69. The van der Waals surface area contributed by atoms with Crippen molar-refractivity contribution in [2.24, 2.45) is 5.73 Å². The number of nitrogens with two attached hydrogens (primary N) is 1. The first-order chi connectivity index (χ1) is 8.24. The van der Waals surface area contributed by atoms with Gasteiger partial charge < -0.3 is 5.73 Å². The van der Waals surface area contributed by atoms with Gasteiger partial charge in [0.05, 0.1) is 5.69 Å². The minimum Gasteiger partial charge on any atom is -0.324 e. The monoisotopic (exact) mass is 271 g/mol. The van der Waals surface area contributed by atoms with Crippen LogP contribution in [0.15, 0.2) is 24.3 Å². The number of rotatable bonds is 5. The van der Waals surface area contributed by atoms with Gasteiger partial charge in [0.1, 0.15) is 0 Å². The highest BCUT2D eigenvalue weighted by Crippen LogP contribution is 2.17. The van der Waals surface area contributed by atoms with E-state index in [1.165, 1.54) is 4.31 Å². The normalized spacial score (nSPS) is 13.9. The van der Waals surface area contributed by atoms with Crippen LogP contribution in [0.2, 0.25) is 0 Å². The van der Waals surface area contributed by atoms with Gasteiger partial charge in [0.25, 0.3) is 0 Å². The van der Waals surface area contributed by atoms with Crippen LogP contribution in [-0.4, -0.2) is 25.8 Å². The molecule has 5 nitrogen and oxygen atoms in total. The van der Waals surface area contributed by atoms with Crippen LogP contribution in [0, 0.1) is 0 Å². The quantitative estimate of drug-likeness (QED) is 0.856. The van der Waals surface area contributed by atoms with Gasteiger partial charge in [-0.05, 0) is 38.5 Å². The number of nitrogens with zero attached hydrogens (tertiary/aromatic N) is 1. The van der Waals surface area contributed by atoms with Gasteiger partial charge in [-0.1, -0.05) is 12.1 Å². The Kier molecular flexibility index (Phi) is 4.72. The Bertz CT molecular complexity index is 498. The standard InChI is InChI=1S/C12H21N3O2S/c1-9(2)15(4)18(16,17)14-12-7-5-6-11(8-12)10(3)13/h5-10,14H,13H2,1-4H3. The summed E-state index contributed by atoms with van der Waals surface area (Å²) in [6, 6.07) is 6.88. The minimum absolute atomic E-state index is 0.0980. The van der Waals surface area contributed by atoms with E-state index in [4.69, 9.17) is 5.73 Å². The molecule has 0 spiro atoms. The summed E-state index contributed by atoms with van der Waals surface area (Å²) in [4.78, 5) is 0. The molecule has 0 aliphatic heterocycles. The highest BCUT2D eigenvalue weighted by atomic mass is 32.2. The summed E-state index contributed by atoms with van der Waals surface area (Å²) in [6.45, 7) is 5.49. The summed E-state index contributed by atoms with van der Waals surface area (Å²) in [5.41, 5.74) is 7.18. The van der Waals surface area contributed by atoms with Gasteiger partial charge in [-0.2, -0.15) is 12.7 Å². The van der Waals surface area contributed by atoms with Gasteiger partial charge in [-0.3, -0.25) is 4.72 Å². The van der Waals surface area contributed by atoms with E-state index in [0.717, 1.165) is 5.56 Å². The molecule has 0 heterocycles. The van der Waals surface area contributed by atoms with E-state index in [1.807, 2.05) is 26.8 Å². The lowest BCUT2D eigenvalue weighted by Gasteiger charge is -2.22. The summed E-state index contributed by atoms with van der Waals surface area (Å²) in [6.07, 6.45) is 0. The molecular formula is C12H21N3O2S. The average molecular weight is 271 g/mol. The van der Waals surface area contributed by atoms with E-state index in [0.29, 0.717) is 5.69 Å². The van der Waals surface area contributed by atoms with Crippen LogP contribution in [0.5, 0.6) is 0 Å². The third kappa shape index (κ3) is 3.69. The summed E-state index contributed by atoms with van der Waals surface area (Å²) >= 11 is 0. The molecular weight excluding hydrogens is 250 g/mol. The maximum absolute atomic E-state index is 12.0. The molecule has 1 aromatic carbocycles. The van der Waals surface area contributed by atoms with E-state index in [9.17, 15) is 8.42 Å². The molecule has 102 valence electrons. The largest absolute Gasteiger partial charge is 0.324 e. The van der Waals surface area contributed by atoms with Crippen molar-refractivity contribution >= 4 is 15.9 Å². The molecule has 6 heteroatoms. The van der Waals surface area contributed by atoms with Crippen LogP contribution in [0.4, 0.5) is 5.69 Å². The van der Waals surface area contributed by atoms with Gasteiger partial charge in [-0.15, -0.1) is 0 Å². The molecule has 0 radical (unpaired) electrons. The Balaban J connectivity index is 2.94. The van der Waals surface area contributed by atoms with Gasteiger partial charge >= 0.3 is 10.2 Å². The fourth-order valence-corrected chi connectivity index (χ4v) is 2.51. The second-order valence-corrected chi connectivity index (χ2v) is 6.36. The zero-order chi connectivity index (χ0) is 13.9. The fourth-order valence-electron chi connectivity index (χ4n) is 1.38. The van der Waals surface area contributed by atoms with Crippen LogP contribution in [0.1, 0.15) is 32.4 Å². The van der Waals surface area contributed by atoms with Crippen molar-refractivity contribution in [2.45, 2.75) is 32.9 Å². The van der Waals surface area contributed by atoms with Crippen LogP contribution < -0.4 is 10.5 Å². The Hall–Kier alpha value is -1.11. The smallest absolute Gasteiger partial charge is 0.301 e. The molecule has 0 aliphatic rings. The minimum atomic E-state index is -3.51. The molecule has 0 aliphatic carbocycles. The Labute approximate surface area is 109 Å². The highest BCUT2D eigenvalue weighted by molar-refractivity contribution is 7.90. The molecule has 18 heavy (non-hydrogen) atoms. The first-order valence-electron chi connectivity index (χ1n) is 5.85. The molecule has 0 saturated carbocycles. The van der Waals surface area contributed by atoms with E-state index in [-0.39, 0.29) is 12.1 Å². The zero-order valence-corrected chi connectivity index (χ0v) is 12.0. The maximum atomic E-state index is 12.0. The van der Waals surface area contributed by atoms with E-state index in [2.05, 4.69) is 4.72 Å². The predicted octanol–water partition coefficient (Wildman–Crippen LogP) is 1.70. The molecule has 1 rings (SSSR count). The topological polar surface area (TPSA) is 75.4 Å². The van der Waals surface area contributed by atoms with Crippen LogP contribution in [-0.2, 0) is 10.2 Å². The van der Waals surface area contributed by atoms with Crippen molar-refractivity contribution in [3.63, 3.8) is 0 Å². The van der Waals surface area contributed by atoms with E-state index < -0.39 is 10.2 Å². The molecule has 1 unspecified atom stereocenters. The van der Waals surface area contributed by atoms with Crippen molar-refractivity contribution in [3.8, 4) is 0 Å². The summed E-state index contributed by atoms with van der Waals surface area (Å²) in [7, 11) is -1.97. The van der Waals surface area contributed by atoms with Gasteiger partial charge in [0.15, 0.2) is 0 Å². The Morgan fingerprint density at radius 2 is 1.89 bits per heavy atom. The average Bonchev–Trinajstić information content (AvgIpc) is 2.27. The van der Waals surface area contributed by atoms with E-state index >= 15 is 0 Å². The third-order valence-electron chi connectivity index (χ3n) is 2.77. The summed E-state index contributed by atoms with van der Waals surface area (Å²) < 4.78 is 27.8. The lowest BCUT2D eigenvalue weighted by molar-refractivity contribution is 0.414. The summed E-state index contributed by atoms with van der Waals surface area (Å²) in [5.74, 6) is 0. The molecule has 0 aromatic heterocycles. The zero-order valence-electron chi connectivity index (χ0n) is 11.2. The van der Waals surface area contributed by atoms with Crippen LogP contribution in [0.25, 0.3) is 0 Å². The van der Waals surface area contributed by atoms with Crippen molar-refractivity contribution < 1.29 is 8.42 Å². The van der Waals surface area contributed by atoms with Gasteiger partial charge in [0, 0.05) is 19.1 Å². The summed E-state index contributed by atoms with van der Waals surface area (Å²) in [5, 5.41) is 0. The van der Waals surface area contributed by atoms with Crippen LogP contribution in [0.3, 0.4) is 0 Å². The predicted molar refractivity (Wildman–Crippen MR) is 74.5 cm³/mol. The molecule has 0 fully saturated rings. The molecule has 0 amide bonds. The molecule has 0 saturated heterocycles. The SMILES string of the molecule is CC(N)c1cccc(NS(=O)(=O)N(C)C(C)C)c1. The molecule has 0 bridgehead atoms. The fraction of sp³-hybridized carbons (Fsp3) is 0.500. The number of benzene rings is 1. The lowest BCUT2D eigenvalue weighted by atomic mass is 10.1. The van der Waals surface area contributed by atoms with Crippen molar-refractivity contribution in [1.82, 2.24) is 4.31 Å². The number of hydrogen-bond donors (Lipinski definition) is 2. The molecule has 1 atom stereocenters. The Morgan fingerprint density at radius 3 is 2.39 bits per heavy atom. The first kappa shape index (κ1) is 14.9. The lowest BCUT2D eigenvalue weighted by Crippen LogP contribution is -2.37. The number of anilines is 1. The van der Waals surface area contributed by atoms with E-state index in [1.54, 1.807) is 25.2 Å². The van der Waals surface area contributed by atoms with Crippen molar-refractivity contribution in [3.05, 3.63) is 29.8 Å².